The molecular weight excluding hydrogens is 160 g/mol. The second-order valence-electron chi connectivity index (χ2n) is 4.33. The van der Waals surface area contributed by atoms with E-state index in [2.05, 4.69) is 27.3 Å². The molecule has 0 amide bonds. The number of hydrogen-bond acceptors (Lipinski definition) is 0. The predicted molar refractivity (Wildman–Crippen MR) is 61.5 cm³/mol. The van der Waals surface area contributed by atoms with Gasteiger partial charge < -0.3 is 0 Å². The summed E-state index contributed by atoms with van der Waals surface area (Å²) in [7, 11) is -0.747. The lowest BCUT2D eigenvalue weighted by Crippen LogP contribution is -2.26. The van der Waals surface area contributed by atoms with Gasteiger partial charge in [0.1, 0.15) is 0 Å². The maximum atomic E-state index is 2.57. The van der Waals surface area contributed by atoms with E-state index in [1.807, 2.05) is 0 Å². The molecule has 0 rings (SSSR count). The van der Waals surface area contributed by atoms with Crippen molar-refractivity contribution >= 4 is 8.07 Å². The van der Waals surface area contributed by atoms with Crippen LogP contribution in [0.4, 0.5) is 0 Å². The Morgan fingerprint density at radius 3 is 1.83 bits per heavy atom. The zero-order valence-electron chi connectivity index (χ0n) is 9.45. The smallest absolute Gasteiger partial charge is 0.0499 e. The van der Waals surface area contributed by atoms with Gasteiger partial charge in [0.15, 0.2) is 0 Å². The molecule has 0 aromatic rings. The summed E-state index contributed by atoms with van der Waals surface area (Å²) in [6.07, 6.45) is 5.78. The molecule has 0 aliphatic carbocycles. The normalized spacial score (nSPS) is 12.0. The molecule has 74 valence electrons. The van der Waals surface area contributed by atoms with Gasteiger partial charge in [-0.1, -0.05) is 71.1 Å². The van der Waals surface area contributed by atoms with E-state index in [1.54, 1.807) is 6.04 Å². The van der Waals surface area contributed by atoms with Crippen LogP contribution in [0, 0.1) is 0 Å². The van der Waals surface area contributed by atoms with Gasteiger partial charge in [-0.3, -0.25) is 0 Å². The first kappa shape index (κ1) is 12.2. The molecule has 0 aliphatic heterocycles. The van der Waals surface area contributed by atoms with E-state index in [4.69, 9.17) is 0 Å². The topological polar surface area (TPSA) is 0 Å². The highest BCUT2D eigenvalue weighted by Gasteiger charge is 2.20. The summed E-state index contributed by atoms with van der Waals surface area (Å²) in [6, 6.07) is 4.53. The first-order chi connectivity index (χ1) is 5.68. The van der Waals surface area contributed by atoms with Crippen molar-refractivity contribution in [1.29, 1.82) is 0 Å². The molecule has 0 N–H and O–H groups in total. The van der Waals surface area contributed by atoms with Crippen LogP contribution in [0.1, 0.15) is 46.5 Å². The van der Waals surface area contributed by atoms with Gasteiger partial charge in [0.05, 0.1) is 0 Å². The van der Waals surface area contributed by atoms with Gasteiger partial charge in [-0.05, 0) is 0 Å². The first-order valence-corrected chi connectivity index (χ1v) is 8.80. The highest BCUT2D eigenvalue weighted by Crippen LogP contribution is 2.23. The van der Waals surface area contributed by atoms with Crippen molar-refractivity contribution in [2.75, 3.05) is 0 Å². The summed E-state index contributed by atoms with van der Waals surface area (Å²) in [4.78, 5) is 0. The molecule has 0 nitrogen and oxygen atoms in total. The molecule has 0 saturated carbocycles. The van der Waals surface area contributed by atoms with E-state index in [0.717, 1.165) is 0 Å². The average molecular weight is 186 g/mol. The molecule has 1 heteroatoms. The molecule has 0 atom stereocenters. The Kier molecular flexibility index (Phi) is 6.82. The Hall–Kier alpha value is 0.217. The van der Waals surface area contributed by atoms with Crippen LogP contribution >= 0.6 is 0 Å². The zero-order chi connectivity index (χ0) is 9.45. The molecular formula is C11H26Si. The van der Waals surface area contributed by atoms with Gasteiger partial charge in [-0.2, -0.15) is 0 Å². The summed E-state index contributed by atoms with van der Waals surface area (Å²) >= 11 is 0. The minimum absolute atomic E-state index is 0.747. The maximum Gasteiger partial charge on any atom is 0.0499 e. The molecule has 0 spiro atoms. The Bertz CT molecular complexity index is 95.2. The van der Waals surface area contributed by atoms with Crippen LogP contribution in [-0.2, 0) is 0 Å². The minimum Gasteiger partial charge on any atom is -0.0692 e. The molecule has 0 aliphatic rings. The van der Waals surface area contributed by atoms with Gasteiger partial charge in [-0.15, -0.1) is 0 Å². The number of hydrogen-bond donors (Lipinski definition) is 0. The van der Waals surface area contributed by atoms with E-state index in [1.165, 1.54) is 37.8 Å². The van der Waals surface area contributed by atoms with Crippen LogP contribution in [0.5, 0.6) is 0 Å². The lowest BCUT2D eigenvalue weighted by molar-refractivity contribution is 0.695. The molecule has 0 radical (unpaired) electrons. The summed E-state index contributed by atoms with van der Waals surface area (Å²) in [5.41, 5.74) is 0. The zero-order valence-corrected chi connectivity index (χ0v) is 10.4. The van der Waals surface area contributed by atoms with Gasteiger partial charge >= 0.3 is 0 Å². The van der Waals surface area contributed by atoms with Gasteiger partial charge in [-0.25, -0.2) is 0 Å². The van der Waals surface area contributed by atoms with E-state index in [-0.39, 0.29) is 0 Å². The summed E-state index contributed by atoms with van der Waals surface area (Å²) in [5.74, 6) is 0. The van der Waals surface area contributed by atoms with Crippen LogP contribution in [0.25, 0.3) is 0 Å². The number of unbranched alkanes of at least 4 members (excludes halogenated alkanes) is 3. The lowest BCUT2D eigenvalue weighted by atomic mass is 10.2. The third-order valence-corrected chi connectivity index (χ3v) is 8.32. The standard InChI is InChI=1S/C11H26Si/c1-5-8-9-10-11-12(4,6-2)7-3/h5-11H2,1-4H3. The second-order valence-corrected chi connectivity index (χ2v) is 9.86. The molecule has 0 fully saturated rings. The van der Waals surface area contributed by atoms with Gasteiger partial charge in [0.2, 0.25) is 0 Å². The third kappa shape index (κ3) is 4.97. The third-order valence-electron chi connectivity index (χ3n) is 3.34. The molecule has 0 aromatic heterocycles. The van der Waals surface area contributed by atoms with E-state index in [0.29, 0.717) is 0 Å². The van der Waals surface area contributed by atoms with Crippen LogP contribution in [0.2, 0.25) is 24.7 Å². The van der Waals surface area contributed by atoms with E-state index < -0.39 is 8.07 Å². The molecule has 0 unspecified atom stereocenters. The monoisotopic (exact) mass is 186 g/mol. The largest absolute Gasteiger partial charge is 0.0692 e. The first-order valence-electron chi connectivity index (χ1n) is 5.68. The Morgan fingerprint density at radius 1 is 0.833 bits per heavy atom. The average Bonchev–Trinajstić information content (AvgIpc) is 2.12. The summed E-state index contributed by atoms with van der Waals surface area (Å²) in [5, 5.41) is 0. The van der Waals surface area contributed by atoms with Crippen LogP contribution < -0.4 is 0 Å². The Morgan fingerprint density at radius 2 is 1.42 bits per heavy atom. The highest BCUT2D eigenvalue weighted by atomic mass is 28.3. The van der Waals surface area contributed by atoms with Crippen molar-refractivity contribution in [3.8, 4) is 0 Å². The van der Waals surface area contributed by atoms with Crippen molar-refractivity contribution < 1.29 is 0 Å². The molecule has 0 heterocycles. The van der Waals surface area contributed by atoms with Gasteiger partial charge in [0.25, 0.3) is 0 Å². The molecule has 0 saturated heterocycles. The summed E-state index contributed by atoms with van der Waals surface area (Å²) < 4.78 is 0. The fourth-order valence-corrected chi connectivity index (χ4v) is 3.89. The van der Waals surface area contributed by atoms with E-state index in [9.17, 15) is 0 Å². The Labute approximate surface area is 79.8 Å². The van der Waals surface area contributed by atoms with Crippen molar-refractivity contribution in [1.82, 2.24) is 0 Å². The fourth-order valence-electron chi connectivity index (χ4n) is 1.58. The molecule has 0 bridgehead atoms. The number of rotatable bonds is 7. The second kappa shape index (κ2) is 6.70. The van der Waals surface area contributed by atoms with E-state index >= 15 is 0 Å². The van der Waals surface area contributed by atoms with Crippen LogP contribution in [0.15, 0.2) is 0 Å². The van der Waals surface area contributed by atoms with Crippen LogP contribution in [-0.4, -0.2) is 8.07 Å². The fraction of sp³-hybridized carbons (Fsp3) is 1.00. The molecule has 12 heavy (non-hydrogen) atoms. The van der Waals surface area contributed by atoms with Crippen LogP contribution in [0.3, 0.4) is 0 Å². The quantitative estimate of drug-likeness (QED) is 0.400. The predicted octanol–water partition coefficient (Wildman–Crippen LogP) is 4.69. The SMILES string of the molecule is CCCCCC[Si](C)(CC)CC. The van der Waals surface area contributed by atoms with Crippen molar-refractivity contribution in [2.24, 2.45) is 0 Å². The Balaban J connectivity index is 3.45. The van der Waals surface area contributed by atoms with Crippen molar-refractivity contribution in [2.45, 2.75) is 71.1 Å². The van der Waals surface area contributed by atoms with Crippen molar-refractivity contribution in [3.05, 3.63) is 0 Å². The highest BCUT2D eigenvalue weighted by molar-refractivity contribution is 6.78. The molecule has 0 aromatic carbocycles. The summed E-state index contributed by atoms with van der Waals surface area (Å²) in [6.45, 7) is 9.63. The van der Waals surface area contributed by atoms with Crippen molar-refractivity contribution in [3.63, 3.8) is 0 Å². The lowest BCUT2D eigenvalue weighted by Gasteiger charge is -2.23. The van der Waals surface area contributed by atoms with Gasteiger partial charge in [0, 0.05) is 8.07 Å². The minimum atomic E-state index is -0.747. The maximum absolute atomic E-state index is 2.57.